The average Bonchev–Trinajstić information content (AvgIpc) is 1.90. The van der Waals surface area contributed by atoms with Crippen molar-refractivity contribution >= 4 is 31.7 Å². The lowest BCUT2D eigenvalue weighted by molar-refractivity contribution is 0.219. The Morgan fingerprint density at radius 3 is 2.89 bits per heavy atom. The molecule has 0 bridgehead atoms. The third-order valence-corrected chi connectivity index (χ3v) is 19.0. The number of carbonyl (C=O) groups is 1. The van der Waals surface area contributed by atoms with Crippen LogP contribution in [0.3, 0.4) is 0 Å². The molecule has 1 saturated heterocycles. The molecule has 1 unspecified atom stereocenters. The quantitative estimate of drug-likeness (QED) is 0.480. The van der Waals surface area contributed by atoms with Crippen LogP contribution in [-0.2, 0) is 4.43 Å². The molecule has 0 radical (unpaired) electrons. The molecule has 0 amide bonds. The Balaban J connectivity index is 2.31. The Bertz CT molecular complexity index is 111. The van der Waals surface area contributed by atoms with Crippen LogP contribution in [0.1, 0.15) is 0 Å². The maximum atomic E-state index is 10.4. The molecule has 0 spiro atoms. The second-order valence-electron chi connectivity index (χ2n) is 2.22. The van der Waals surface area contributed by atoms with Gasteiger partial charge < -0.3 is 9.53 Å². The zero-order valence-electron chi connectivity index (χ0n) is 5.17. The second kappa shape index (κ2) is 3.30. The largest absolute Gasteiger partial charge is 0.486 e. The minimum atomic E-state index is -1.21. The Morgan fingerprint density at radius 2 is 2.56 bits per heavy atom. The maximum absolute atomic E-state index is 10.4. The number of hydrogen-bond acceptors (Lipinski definition) is 2. The minimum Gasteiger partial charge on any atom is -0.486 e. The van der Waals surface area contributed by atoms with Crippen molar-refractivity contribution < 1.29 is 14.3 Å². The van der Waals surface area contributed by atoms with Crippen LogP contribution in [0.15, 0.2) is 0 Å². The molecular weight excluding hydrogens is 168 g/mol. The van der Waals surface area contributed by atoms with E-state index < -0.39 is 13.9 Å². The van der Waals surface area contributed by atoms with Crippen molar-refractivity contribution in [2.45, 2.75) is 6.04 Å². The van der Waals surface area contributed by atoms with Crippen LogP contribution in [0.25, 0.3) is 0 Å². The van der Waals surface area contributed by atoms with Gasteiger partial charge in [-0.2, -0.15) is 0 Å². The molecule has 1 aliphatic rings. The van der Waals surface area contributed by atoms with Crippen LogP contribution in [0.2, 0.25) is 6.04 Å². The normalized spacial score (nSPS) is 33.1. The van der Waals surface area contributed by atoms with Crippen LogP contribution in [0.5, 0.6) is 0 Å². The van der Waals surface area contributed by atoms with E-state index in [4.69, 9.17) is 9.53 Å². The molecule has 3 nitrogen and oxygen atoms in total. The predicted molar refractivity (Wildman–Crippen MR) is 43.0 cm³/mol. The molecular formula is C3H10O3Si3. The Kier molecular flexibility index (Phi) is 2.64. The third kappa shape index (κ3) is 2.05. The van der Waals surface area contributed by atoms with E-state index in [1.807, 2.05) is 0 Å². The number of hydrogen-bond donors (Lipinski definition) is 1. The summed E-state index contributed by atoms with van der Waals surface area (Å²) in [7, 11) is -1.64. The van der Waals surface area contributed by atoms with Crippen LogP contribution in [-0.4, -0.2) is 43.5 Å². The zero-order valence-corrected chi connectivity index (χ0v) is 9.15. The Morgan fingerprint density at radius 1 is 1.78 bits per heavy atom. The van der Waals surface area contributed by atoms with Gasteiger partial charge in [0.25, 0.3) is 5.59 Å². The first-order chi connectivity index (χ1) is 4.30. The monoisotopic (exact) mass is 178 g/mol. The predicted octanol–water partition coefficient (Wildman–Crippen LogP) is -1.83. The number of carboxylic acid groups (broad SMARTS) is 1. The van der Waals surface area contributed by atoms with Gasteiger partial charge in [0.15, 0.2) is 8.31 Å². The molecule has 0 saturated carbocycles. The highest BCUT2D eigenvalue weighted by molar-refractivity contribution is 7.43. The van der Waals surface area contributed by atoms with Crippen LogP contribution < -0.4 is 0 Å². The lowest BCUT2D eigenvalue weighted by Gasteiger charge is -2.14. The van der Waals surface area contributed by atoms with Gasteiger partial charge in [-0.05, 0) is 6.04 Å². The van der Waals surface area contributed by atoms with E-state index in [1.54, 1.807) is 0 Å². The van der Waals surface area contributed by atoms with Crippen molar-refractivity contribution in [3.8, 4) is 0 Å². The van der Waals surface area contributed by atoms with Gasteiger partial charge >= 0.3 is 0 Å². The molecule has 0 aromatic carbocycles. The lowest BCUT2D eigenvalue weighted by atomic mass is 10.9. The summed E-state index contributed by atoms with van der Waals surface area (Å²) in [4.78, 5) is 10.4. The van der Waals surface area contributed by atoms with Crippen molar-refractivity contribution in [3.05, 3.63) is 0 Å². The van der Waals surface area contributed by atoms with E-state index in [-0.39, 0.29) is 17.8 Å². The second-order valence-corrected chi connectivity index (χ2v) is 17.2. The fourth-order valence-corrected chi connectivity index (χ4v) is 16.3. The van der Waals surface area contributed by atoms with E-state index in [0.29, 0.717) is 0 Å². The van der Waals surface area contributed by atoms with Gasteiger partial charge in [-0.3, -0.25) is 4.79 Å². The standard InChI is InChI=1S/C3H10O3Si3/c4-3(5)9-2-1-6-7-8-9/h9H,1-2,7-8H2,(H,4,5). The van der Waals surface area contributed by atoms with Gasteiger partial charge in [-0.15, -0.1) is 0 Å². The molecule has 1 aliphatic heterocycles. The van der Waals surface area contributed by atoms with Gasteiger partial charge in [-0.25, -0.2) is 0 Å². The Hall–Kier alpha value is 0.0806. The molecule has 1 fully saturated rings. The first-order valence-electron chi connectivity index (χ1n) is 3.11. The molecule has 1 atom stereocenters. The van der Waals surface area contributed by atoms with Crippen LogP contribution in [0, 0.1) is 0 Å². The SMILES string of the molecule is O=C(O)[SiH]1CCO[SiH2][SiH2]1. The topological polar surface area (TPSA) is 46.5 Å². The first-order valence-corrected chi connectivity index (χ1v) is 12.3. The molecule has 6 heteroatoms. The van der Waals surface area contributed by atoms with E-state index in [2.05, 4.69) is 0 Å². The van der Waals surface area contributed by atoms with E-state index in [9.17, 15) is 4.79 Å². The highest BCUT2D eigenvalue weighted by Crippen LogP contribution is 1.97. The van der Waals surface area contributed by atoms with Crippen LogP contribution in [0.4, 0.5) is 4.79 Å². The molecule has 9 heavy (non-hydrogen) atoms. The fourth-order valence-electron chi connectivity index (χ4n) is 0.945. The van der Waals surface area contributed by atoms with Crippen molar-refractivity contribution in [3.63, 3.8) is 0 Å². The van der Waals surface area contributed by atoms with E-state index in [1.165, 1.54) is 0 Å². The third-order valence-electron chi connectivity index (χ3n) is 1.57. The Labute approximate surface area is 59.4 Å². The summed E-state index contributed by atoms with van der Waals surface area (Å²) in [5.74, 6) is 0. The van der Waals surface area contributed by atoms with E-state index in [0.717, 1.165) is 12.7 Å². The summed E-state index contributed by atoms with van der Waals surface area (Å²) < 4.78 is 5.22. The fraction of sp³-hybridized carbons (Fsp3) is 0.667. The molecule has 1 N–H and O–H groups in total. The molecule has 0 aromatic heterocycles. The van der Waals surface area contributed by atoms with Gasteiger partial charge in [0.2, 0.25) is 0 Å². The van der Waals surface area contributed by atoms with Crippen LogP contribution >= 0.6 is 0 Å². The summed E-state index contributed by atoms with van der Waals surface area (Å²) in [5, 5.41) is 8.60. The average molecular weight is 178 g/mol. The summed E-state index contributed by atoms with van der Waals surface area (Å²) in [6.45, 7) is 0.766. The molecule has 52 valence electrons. The summed E-state index contributed by atoms with van der Waals surface area (Å²) in [6.07, 6.45) is 0. The van der Waals surface area contributed by atoms with Gasteiger partial charge in [0.1, 0.15) is 9.28 Å². The van der Waals surface area contributed by atoms with Gasteiger partial charge in [-0.1, -0.05) is 0 Å². The zero-order chi connectivity index (χ0) is 6.69. The van der Waals surface area contributed by atoms with Crippen molar-refractivity contribution in [2.24, 2.45) is 0 Å². The maximum Gasteiger partial charge on any atom is 0.262 e. The number of rotatable bonds is 1. The summed E-state index contributed by atoms with van der Waals surface area (Å²) in [6, 6.07) is 0.911. The van der Waals surface area contributed by atoms with Crippen molar-refractivity contribution in [2.75, 3.05) is 6.61 Å². The van der Waals surface area contributed by atoms with E-state index >= 15 is 0 Å². The van der Waals surface area contributed by atoms with Gasteiger partial charge in [0, 0.05) is 15.2 Å². The van der Waals surface area contributed by atoms with Crippen molar-refractivity contribution in [1.29, 1.82) is 0 Å². The van der Waals surface area contributed by atoms with Crippen molar-refractivity contribution in [1.82, 2.24) is 0 Å². The summed E-state index contributed by atoms with van der Waals surface area (Å²) in [5.41, 5.74) is -0.447. The molecule has 0 aromatic rings. The first kappa shape index (κ1) is 7.19. The minimum absolute atomic E-state index is 0.169. The lowest BCUT2D eigenvalue weighted by Crippen LogP contribution is -2.41. The molecule has 1 heterocycles. The molecule has 1 rings (SSSR count). The smallest absolute Gasteiger partial charge is 0.262 e. The highest BCUT2D eigenvalue weighted by atomic mass is 29.5. The molecule has 0 aliphatic carbocycles. The highest BCUT2D eigenvalue weighted by Gasteiger charge is 2.23. The summed E-state index contributed by atoms with van der Waals surface area (Å²) >= 11 is 0. The van der Waals surface area contributed by atoms with Gasteiger partial charge in [0.05, 0.1) is 0 Å².